The van der Waals surface area contributed by atoms with Gasteiger partial charge in [0.25, 0.3) is 0 Å². The van der Waals surface area contributed by atoms with Gasteiger partial charge < -0.3 is 15.4 Å². The largest absolute Gasteiger partial charge is 0.446 e. The number of carbonyl (C=O) groups is 2. The van der Waals surface area contributed by atoms with Crippen LogP contribution in [0.25, 0.3) is 6.08 Å². The second kappa shape index (κ2) is 9.99. The van der Waals surface area contributed by atoms with Gasteiger partial charge in [-0.25, -0.2) is 0 Å². The molecular formula is C15H17F3N2O3S. The fraction of sp³-hybridized carbons (Fsp3) is 0.333. The first-order valence-corrected chi connectivity index (χ1v) is 7.69. The Kier molecular flexibility index (Phi) is 8.34. The van der Waals surface area contributed by atoms with Gasteiger partial charge in [-0.05, 0) is 35.5 Å². The molecular weight excluding hydrogens is 345 g/mol. The fourth-order valence-corrected chi connectivity index (χ4v) is 2.07. The van der Waals surface area contributed by atoms with Gasteiger partial charge in [-0.2, -0.15) is 13.2 Å². The third-order valence-corrected chi connectivity index (χ3v) is 3.33. The molecule has 0 radical (unpaired) electrons. The van der Waals surface area contributed by atoms with Crippen LogP contribution >= 0.6 is 11.8 Å². The zero-order valence-corrected chi connectivity index (χ0v) is 13.7. The first-order valence-electron chi connectivity index (χ1n) is 6.87. The molecule has 9 heteroatoms. The zero-order chi connectivity index (χ0) is 18.0. The Hall–Kier alpha value is -2.00. The normalized spacial score (nSPS) is 11.5. The van der Waals surface area contributed by atoms with Gasteiger partial charge in [0.1, 0.15) is 0 Å². The molecule has 1 rings (SSSR count). The Labute approximate surface area is 141 Å². The van der Waals surface area contributed by atoms with Crippen molar-refractivity contribution in [1.29, 1.82) is 0 Å². The van der Waals surface area contributed by atoms with Gasteiger partial charge >= 0.3 is 5.51 Å². The summed E-state index contributed by atoms with van der Waals surface area (Å²) in [5.41, 5.74) is -3.76. The van der Waals surface area contributed by atoms with Crippen molar-refractivity contribution in [2.45, 2.75) is 10.4 Å². The van der Waals surface area contributed by atoms with E-state index in [4.69, 9.17) is 4.74 Å². The summed E-state index contributed by atoms with van der Waals surface area (Å²) in [4.78, 5) is 23.0. The quantitative estimate of drug-likeness (QED) is 0.423. The average molecular weight is 362 g/mol. The van der Waals surface area contributed by atoms with Gasteiger partial charge in [0.2, 0.25) is 11.8 Å². The highest BCUT2D eigenvalue weighted by atomic mass is 32.2. The van der Waals surface area contributed by atoms with Crippen molar-refractivity contribution in [2.75, 3.05) is 26.8 Å². The Bertz CT molecular complexity index is 574. The van der Waals surface area contributed by atoms with E-state index in [2.05, 4.69) is 10.6 Å². The number of methoxy groups -OCH3 is 1. The van der Waals surface area contributed by atoms with Crippen molar-refractivity contribution in [1.82, 2.24) is 10.6 Å². The summed E-state index contributed by atoms with van der Waals surface area (Å²) in [5.74, 6) is -0.826. The fourth-order valence-electron chi connectivity index (χ4n) is 1.53. The van der Waals surface area contributed by atoms with Crippen molar-refractivity contribution in [3.8, 4) is 0 Å². The topological polar surface area (TPSA) is 67.4 Å². The number of rotatable bonds is 8. The lowest BCUT2D eigenvalue weighted by Crippen LogP contribution is -2.37. The van der Waals surface area contributed by atoms with Crippen molar-refractivity contribution >= 4 is 29.7 Å². The first-order chi connectivity index (χ1) is 11.3. The molecule has 0 heterocycles. The highest BCUT2D eigenvalue weighted by molar-refractivity contribution is 8.00. The molecule has 2 amide bonds. The number of alkyl halides is 3. The molecule has 1 aromatic rings. The summed E-state index contributed by atoms with van der Waals surface area (Å²) in [5, 5.41) is 4.93. The van der Waals surface area contributed by atoms with Crippen molar-refractivity contribution in [2.24, 2.45) is 0 Å². The van der Waals surface area contributed by atoms with Crippen LogP contribution in [0, 0.1) is 0 Å². The predicted molar refractivity (Wildman–Crippen MR) is 85.3 cm³/mol. The van der Waals surface area contributed by atoms with Gasteiger partial charge in [0.05, 0.1) is 13.2 Å². The number of hydrogen-bond donors (Lipinski definition) is 2. The van der Waals surface area contributed by atoms with Crippen LogP contribution in [0.1, 0.15) is 5.56 Å². The third-order valence-electron chi connectivity index (χ3n) is 2.59. The maximum Gasteiger partial charge on any atom is 0.446 e. The van der Waals surface area contributed by atoms with Gasteiger partial charge in [-0.3, -0.25) is 9.59 Å². The Morgan fingerprint density at radius 3 is 2.46 bits per heavy atom. The van der Waals surface area contributed by atoms with Crippen LogP contribution in [0.2, 0.25) is 0 Å². The molecule has 0 aliphatic heterocycles. The van der Waals surface area contributed by atoms with Crippen molar-refractivity contribution < 1.29 is 27.5 Å². The summed E-state index contributed by atoms with van der Waals surface area (Å²) < 4.78 is 41.4. The number of amides is 2. The summed E-state index contributed by atoms with van der Waals surface area (Å²) in [7, 11) is 1.51. The van der Waals surface area contributed by atoms with E-state index in [-0.39, 0.29) is 29.1 Å². The summed E-state index contributed by atoms with van der Waals surface area (Å²) >= 11 is -0.204. The molecule has 5 nitrogen and oxygen atoms in total. The lowest BCUT2D eigenvalue weighted by atomic mass is 10.2. The highest BCUT2D eigenvalue weighted by Gasteiger charge is 2.28. The number of nitrogens with one attached hydrogen (secondary N) is 2. The number of ether oxygens (including phenoxy) is 1. The Balaban J connectivity index is 2.39. The Morgan fingerprint density at radius 2 is 1.88 bits per heavy atom. The van der Waals surface area contributed by atoms with Crippen LogP contribution in [-0.2, 0) is 14.3 Å². The molecule has 2 N–H and O–H groups in total. The molecule has 24 heavy (non-hydrogen) atoms. The molecule has 0 bridgehead atoms. The smallest absolute Gasteiger partial charge is 0.383 e. The molecule has 0 atom stereocenters. The minimum atomic E-state index is -4.33. The molecule has 0 fully saturated rings. The van der Waals surface area contributed by atoms with E-state index in [0.29, 0.717) is 18.7 Å². The lowest BCUT2D eigenvalue weighted by Gasteiger charge is -2.05. The minimum absolute atomic E-state index is 0.0665. The van der Waals surface area contributed by atoms with E-state index >= 15 is 0 Å². The predicted octanol–water partition coefficient (Wildman–Crippen LogP) is 2.19. The van der Waals surface area contributed by atoms with Gasteiger partial charge in [0.15, 0.2) is 0 Å². The SMILES string of the molecule is COCCNC(=O)CNC(=O)/C=C/c1ccc(SC(F)(F)F)cc1. The van der Waals surface area contributed by atoms with Crippen LogP contribution in [0.15, 0.2) is 35.2 Å². The number of halogens is 3. The lowest BCUT2D eigenvalue weighted by molar-refractivity contribution is -0.124. The van der Waals surface area contributed by atoms with Crippen molar-refractivity contribution in [3.63, 3.8) is 0 Å². The first kappa shape index (κ1) is 20.0. The summed E-state index contributed by atoms with van der Waals surface area (Å²) in [6, 6.07) is 5.57. The molecule has 0 unspecified atom stereocenters. The second-order valence-electron chi connectivity index (χ2n) is 4.51. The maximum absolute atomic E-state index is 12.2. The molecule has 1 aromatic carbocycles. The van der Waals surface area contributed by atoms with Crippen LogP contribution in [0.3, 0.4) is 0 Å². The zero-order valence-electron chi connectivity index (χ0n) is 12.9. The number of benzene rings is 1. The summed E-state index contributed by atoms with van der Waals surface area (Å²) in [6.07, 6.45) is 2.65. The minimum Gasteiger partial charge on any atom is -0.383 e. The van der Waals surface area contributed by atoms with E-state index in [1.807, 2.05) is 0 Å². The van der Waals surface area contributed by atoms with Crippen LogP contribution in [-0.4, -0.2) is 44.1 Å². The molecule has 0 aliphatic carbocycles. The monoisotopic (exact) mass is 362 g/mol. The van der Waals surface area contributed by atoms with Crippen LogP contribution in [0.5, 0.6) is 0 Å². The molecule has 0 saturated carbocycles. The van der Waals surface area contributed by atoms with Gasteiger partial charge in [0, 0.05) is 24.6 Å². The maximum atomic E-state index is 12.2. The number of thioether (sulfide) groups is 1. The van der Waals surface area contributed by atoms with Crippen LogP contribution < -0.4 is 10.6 Å². The van der Waals surface area contributed by atoms with E-state index in [1.54, 1.807) is 0 Å². The standard InChI is InChI=1S/C15H17F3N2O3S/c1-23-9-8-19-14(22)10-20-13(21)7-4-11-2-5-12(6-3-11)24-15(16,17)18/h2-7H,8-10H2,1H3,(H,19,22)(H,20,21)/b7-4+. The second-order valence-corrected chi connectivity index (χ2v) is 5.65. The van der Waals surface area contributed by atoms with E-state index in [9.17, 15) is 22.8 Å². The van der Waals surface area contributed by atoms with Crippen LogP contribution in [0.4, 0.5) is 13.2 Å². The van der Waals surface area contributed by atoms with E-state index in [0.717, 1.165) is 0 Å². The number of carbonyl (C=O) groups excluding carboxylic acids is 2. The Morgan fingerprint density at radius 1 is 1.21 bits per heavy atom. The van der Waals surface area contributed by atoms with Gasteiger partial charge in [-0.1, -0.05) is 12.1 Å². The third kappa shape index (κ3) is 9.21. The van der Waals surface area contributed by atoms with Crippen molar-refractivity contribution in [3.05, 3.63) is 35.9 Å². The van der Waals surface area contributed by atoms with E-state index < -0.39 is 11.4 Å². The molecule has 132 valence electrons. The van der Waals surface area contributed by atoms with Gasteiger partial charge in [-0.15, -0.1) is 0 Å². The van der Waals surface area contributed by atoms with E-state index in [1.165, 1.54) is 43.5 Å². The number of hydrogen-bond acceptors (Lipinski definition) is 4. The molecule has 0 saturated heterocycles. The average Bonchev–Trinajstić information content (AvgIpc) is 2.51. The molecule has 0 spiro atoms. The highest BCUT2D eigenvalue weighted by Crippen LogP contribution is 2.36. The summed E-state index contributed by atoms with van der Waals surface area (Å²) in [6.45, 7) is 0.555. The molecule has 0 aromatic heterocycles. The molecule has 0 aliphatic rings.